The van der Waals surface area contributed by atoms with E-state index in [1.165, 1.54) is 11.3 Å². The minimum atomic E-state index is 0.272. The Bertz CT molecular complexity index is 443. The highest BCUT2D eigenvalue weighted by atomic mass is 16.3. The summed E-state index contributed by atoms with van der Waals surface area (Å²) in [6.07, 6.45) is 0.860. The fourth-order valence-electron chi connectivity index (χ4n) is 3.11. The van der Waals surface area contributed by atoms with Crippen molar-refractivity contribution >= 4 is 0 Å². The summed E-state index contributed by atoms with van der Waals surface area (Å²) in [5.74, 6) is 0. The molecule has 0 radical (unpaired) electrons. The van der Waals surface area contributed by atoms with E-state index in [1.807, 2.05) is 0 Å². The molecule has 1 aromatic rings. The number of aliphatic hydroxyl groups is 1. The quantitative estimate of drug-likeness (QED) is 0.874. The van der Waals surface area contributed by atoms with E-state index in [2.05, 4.69) is 47.4 Å². The van der Waals surface area contributed by atoms with Gasteiger partial charge in [-0.2, -0.15) is 5.10 Å². The molecular weight excluding hydrogens is 252 g/mol. The minimum absolute atomic E-state index is 0.272. The largest absolute Gasteiger partial charge is 0.396 e. The molecule has 1 fully saturated rings. The summed E-state index contributed by atoms with van der Waals surface area (Å²) in [5.41, 5.74) is 3.82. The molecule has 0 spiro atoms. The summed E-state index contributed by atoms with van der Waals surface area (Å²) in [4.78, 5) is 4.86. The fourth-order valence-corrected chi connectivity index (χ4v) is 3.11. The molecule has 2 heterocycles. The van der Waals surface area contributed by atoms with Crippen molar-refractivity contribution in [3.05, 3.63) is 17.0 Å². The van der Waals surface area contributed by atoms with Crippen LogP contribution in [0.4, 0.5) is 0 Å². The first kappa shape index (κ1) is 15.5. The zero-order valence-electron chi connectivity index (χ0n) is 13.3. The van der Waals surface area contributed by atoms with Crippen LogP contribution in [-0.2, 0) is 13.1 Å². The standard InChI is InChI=1S/C15H28N4O/c1-5-19-13(3)15(12(2)16-19)11-18-8-7-17(4)14(10-18)6-9-20/h14,20H,5-11H2,1-4H3. The number of hydrogen-bond acceptors (Lipinski definition) is 4. The SMILES string of the molecule is CCn1nc(C)c(CN2CCN(C)C(CCO)C2)c1C. The van der Waals surface area contributed by atoms with Crippen LogP contribution in [0.15, 0.2) is 0 Å². The van der Waals surface area contributed by atoms with Gasteiger partial charge in [-0.1, -0.05) is 0 Å². The normalized spacial score (nSPS) is 21.6. The lowest BCUT2D eigenvalue weighted by Gasteiger charge is -2.39. The smallest absolute Gasteiger partial charge is 0.0641 e. The minimum Gasteiger partial charge on any atom is -0.396 e. The van der Waals surface area contributed by atoms with Gasteiger partial charge in [-0.3, -0.25) is 9.58 Å². The number of aliphatic hydroxyl groups excluding tert-OH is 1. The molecule has 0 saturated carbocycles. The van der Waals surface area contributed by atoms with Crippen LogP contribution in [0.25, 0.3) is 0 Å². The van der Waals surface area contributed by atoms with Crippen LogP contribution in [0.3, 0.4) is 0 Å². The van der Waals surface area contributed by atoms with Gasteiger partial charge >= 0.3 is 0 Å². The average molecular weight is 280 g/mol. The van der Waals surface area contributed by atoms with Crippen LogP contribution in [0.1, 0.15) is 30.3 Å². The van der Waals surface area contributed by atoms with Gasteiger partial charge in [0, 0.05) is 56.6 Å². The number of aryl methyl sites for hydroxylation is 2. The number of hydrogen-bond donors (Lipinski definition) is 1. The highest BCUT2D eigenvalue weighted by molar-refractivity contribution is 5.24. The van der Waals surface area contributed by atoms with Gasteiger partial charge in [-0.05, 0) is 34.2 Å². The molecule has 2 rings (SSSR count). The molecule has 0 aliphatic carbocycles. The maximum Gasteiger partial charge on any atom is 0.0641 e. The predicted octanol–water partition coefficient (Wildman–Crippen LogP) is 1.02. The third kappa shape index (κ3) is 3.22. The molecule has 1 aliphatic rings. The van der Waals surface area contributed by atoms with Gasteiger partial charge in [0.2, 0.25) is 0 Å². The van der Waals surface area contributed by atoms with Crippen molar-refractivity contribution in [2.24, 2.45) is 0 Å². The molecular formula is C15H28N4O. The van der Waals surface area contributed by atoms with Crippen LogP contribution in [0.2, 0.25) is 0 Å². The second-order valence-electron chi connectivity index (χ2n) is 5.85. The Kier molecular flexibility index (Phi) is 5.18. The first-order chi connectivity index (χ1) is 9.56. The van der Waals surface area contributed by atoms with E-state index in [-0.39, 0.29) is 6.61 Å². The molecule has 0 bridgehead atoms. The molecule has 1 atom stereocenters. The lowest BCUT2D eigenvalue weighted by molar-refractivity contribution is 0.0741. The maximum atomic E-state index is 9.18. The molecule has 1 aromatic heterocycles. The Balaban J connectivity index is 2.05. The third-order valence-electron chi connectivity index (χ3n) is 4.54. The van der Waals surface area contributed by atoms with Crippen molar-refractivity contribution in [3.8, 4) is 0 Å². The maximum absolute atomic E-state index is 9.18. The van der Waals surface area contributed by atoms with E-state index in [0.29, 0.717) is 6.04 Å². The van der Waals surface area contributed by atoms with E-state index in [1.54, 1.807) is 0 Å². The van der Waals surface area contributed by atoms with E-state index < -0.39 is 0 Å². The molecule has 114 valence electrons. The topological polar surface area (TPSA) is 44.5 Å². The zero-order valence-corrected chi connectivity index (χ0v) is 13.3. The number of aromatic nitrogens is 2. The third-order valence-corrected chi connectivity index (χ3v) is 4.54. The predicted molar refractivity (Wildman–Crippen MR) is 80.8 cm³/mol. The molecule has 1 saturated heterocycles. The number of piperazine rings is 1. The summed E-state index contributed by atoms with van der Waals surface area (Å²) in [6, 6.07) is 0.468. The van der Waals surface area contributed by atoms with Gasteiger partial charge in [0.05, 0.1) is 5.69 Å². The summed E-state index contributed by atoms with van der Waals surface area (Å²) in [6.45, 7) is 11.8. The monoisotopic (exact) mass is 280 g/mol. The number of likely N-dealkylation sites (N-methyl/N-ethyl adjacent to an activating group) is 1. The lowest BCUT2D eigenvalue weighted by Crippen LogP contribution is -2.51. The van der Waals surface area contributed by atoms with E-state index in [4.69, 9.17) is 0 Å². The summed E-state index contributed by atoms with van der Waals surface area (Å²) >= 11 is 0. The van der Waals surface area contributed by atoms with Gasteiger partial charge < -0.3 is 10.0 Å². The van der Waals surface area contributed by atoms with Crippen LogP contribution in [0.5, 0.6) is 0 Å². The number of nitrogens with zero attached hydrogens (tertiary/aromatic N) is 4. The Hall–Kier alpha value is -0.910. The van der Waals surface area contributed by atoms with E-state index in [0.717, 1.165) is 44.8 Å². The molecule has 1 unspecified atom stereocenters. The molecule has 0 amide bonds. The summed E-state index contributed by atoms with van der Waals surface area (Å²) in [7, 11) is 2.16. The van der Waals surface area contributed by atoms with Gasteiger partial charge in [-0.25, -0.2) is 0 Å². The average Bonchev–Trinajstić information content (AvgIpc) is 2.70. The van der Waals surface area contributed by atoms with Crippen LogP contribution < -0.4 is 0 Å². The Morgan fingerprint density at radius 3 is 2.65 bits per heavy atom. The molecule has 1 N–H and O–H groups in total. The highest BCUT2D eigenvalue weighted by Gasteiger charge is 2.25. The fraction of sp³-hybridized carbons (Fsp3) is 0.800. The van der Waals surface area contributed by atoms with Gasteiger partial charge in [-0.15, -0.1) is 0 Å². The highest BCUT2D eigenvalue weighted by Crippen LogP contribution is 2.18. The summed E-state index contributed by atoms with van der Waals surface area (Å²) in [5, 5.41) is 13.8. The second-order valence-corrected chi connectivity index (χ2v) is 5.85. The molecule has 5 nitrogen and oxygen atoms in total. The van der Waals surface area contributed by atoms with Crippen molar-refractivity contribution in [1.29, 1.82) is 0 Å². The van der Waals surface area contributed by atoms with E-state index in [9.17, 15) is 5.11 Å². The van der Waals surface area contributed by atoms with Crippen LogP contribution >= 0.6 is 0 Å². The zero-order chi connectivity index (χ0) is 14.7. The second kappa shape index (κ2) is 6.70. The van der Waals surface area contributed by atoms with Crippen LogP contribution in [-0.4, -0.2) is 64.0 Å². The van der Waals surface area contributed by atoms with Gasteiger partial charge in [0.25, 0.3) is 0 Å². The molecule has 20 heavy (non-hydrogen) atoms. The van der Waals surface area contributed by atoms with Crippen LogP contribution in [0, 0.1) is 13.8 Å². The van der Waals surface area contributed by atoms with Crippen molar-refractivity contribution in [1.82, 2.24) is 19.6 Å². The first-order valence-electron chi connectivity index (χ1n) is 7.63. The van der Waals surface area contributed by atoms with Gasteiger partial charge in [0.1, 0.15) is 0 Å². The lowest BCUT2D eigenvalue weighted by atomic mass is 10.1. The number of rotatable bonds is 5. The Morgan fingerprint density at radius 1 is 1.30 bits per heavy atom. The van der Waals surface area contributed by atoms with E-state index >= 15 is 0 Å². The van der Waals surface area contributed by atoms with Crippen molar-refractivity contribution in [2.45, 2.75) is 46.3 Å². The first-order valence-corrected chi connectivity index (χ1v) is 7.63. The Morgan fingerprint density at radius 2 is 2.05 bits per heavy atom. The van der Waals surface area contributed by atoms with Gasteiger partial charge in [0.15, 0.2) is 0 Å². The Labute approximate surface area is 122 Å². The van der Waals surface area contributed by atoms with Crippen molar-refractivity contribution in [2.75, 3.05) is 33.3 Å². The summed E-state index contributed by atoms with van der Waals surface area (Å²) < 4.78 is 2.09. The van der Waals surface area contributed by atoms with Crippen molar-refractivity contribution in [3.63, 3.8) is 0 Å². The van der Waals surface area contributed by atoms with Crippen molar-refractivity contribution < 1.29 is 5.11 Å². The molecule has 1 aliphatic heterocycles. The molecule has 5 heteroatoms. The molecule has 0 aromatic carbocycles.